The SMILES string of the molecule is CCOc1cc(C(=O)N(Cc2ccco2)c2nc3c(C)cccc3s2)cc(OCC)c1OCC. The number of aryl methyl sites for hydroxylation is 1. The zero-order chi connectivity index (χ0) is 24.1. The van der Waals surface area contributed by atoms with Crippen LogP contribution in [0, 0.1) is 6.92 Å². The highest BCUT2D eigenvalue weighted by molar-refractivity contribution is 7.22. The molecule has 0 aliphatic rings. The van der Waals surface area contributed by atoms with E-state index in [1.165, 1.54) is 11.3 Å². The molecule has 0 N–H and O–H groups in total. The van der Waals surface area contributed by atoms with Gasteiger partial charge >= 0.3 is 0 Å². The van der Waals surface area contributed by atoms with Crippen LogP contribution in [0.5, 0.6) is 17.2 Å². The monoisotopic (exact) mass is 480 g/mol. The molecule has 4 rings (SSSR count). The number of carbonyl (C=O) groups excluding carboxylic acids is 1. The molecule has 0 spiro atoms. The third kappa shape index (κ3) is 4.87. The Hall–Kier alpha value is -3.52. The third-order valence-electron chi connectivity index (χ3n) is 5.14. The molecule has 2 aromatic heterocycles. The van der Waals surface area contributed by atoms with Gasteiger partial charge in [0.05, 0.1) is 42.8 Å². The number of nitrogens with zero attached hydrogens (tertiary/aromatic N) is 2. The lowest BCUT2D eigenvalue weighted by molar-refractivity contribution is 0.0982. The lowest BCUT2D eigenvalue weighted by Crippen LogP contribution is -2.30. The molecule has 8 heteroatoms. The molecule has 0 bridgehead atoms. The van der Waals surface area contributed by atoms with E-state index in [-0.39, 0.29) is 12.5 Å². The van der Waals surface area contributed by atoms with E-state index in [9.17, 15) is 4.79 Å². The highest BCUT2D eigenvalue weighted by atomic mass is 32.1. The molecule has 0 radical (unpaired) electrons. The number of carbonyl (C=O) groups is 1. The number of amides is 1. The Balaban J connectivity index is 1.81. The van der Waals surface area contributed by atoms with Crippen LogP contribution in [0.15, 0.2) is 53.1 Å². The quantitative estimate of drug-likeness (QED) is 0.267. The van der Waals surface area contributed by atoms with Crippen LogP contribution < -0.4 is 19.1 Å². The van der Waals surface area contributed by atoms with E-state index < -0.39 is 0 Å². The number of hydrogen-bond acceptors (Lipinski definition) is 7. The summed E-state index contributed by atoms with van der Waals surface area (Å²) in [6, 6.07) is 13.1. The first-order valence-electron chi connectivity index (χ1n) is 11.3. The van der Waals surface area contributed by atoms with E-state index in [1.807, 2.05) is 52.0 Å². The van der Waals surface area contributed by atoms with Gasteiger partial charge in [0.1, 0.15) is 5.76 Å². The van der Waals surface area contributed by atoms with Crippen molar-refractivity contribution in [2.24, 2.45) is 0 Å². The summed E-state index contributed by atoms with van der Waals surface area (Å²) in [4.78, 5) is 20.3. The summed E-state index contributed by atoms with van der Waals surface area (Å²) in [5, 5.41) is 0.593. The van der Waals surface area contributed by atoms with Crippen LogP contribution in [-0.2, 0) is 6.54 Å². The number of fused-ring (bicyclic) bond motifs is 1. The number of aromatic nitrogens is 1. The number of ether oxygens (including phenoxy) is 3. The van der Waals surface area contributed by atoms with E-state index in [0.717, 1.165) is 15.8 Å². The Morgan fingerprint density at radius 1 is 1.00 bits per heavy atom. The number of furan rings is 1. The van der Waals surface area contributed by atoms with Gasteiger partial charge in [-0.25, -0.2) is 4.98 Å². The van der Waals surface area contributed by atoms with Crippen molar-refractivity contribution in [3.05, 3.63) is 65.6 Å². The Labute approximate surface area is 202 Å². The Bertz CT molecular complexity index is 1240. The predicted octanol–water partition coefficient (Wildman–Crippen LogP) is 6.24. The second-order valence-corrected chi connectivity index (χ2v) is 8.50. The molecule has 0 fully saturated rings. The minimum Gasteiger partial charge on any atom is -0.490 e. The second kappa shape index (κ2) is 10.6. The molecule has 2 aromatic carbocycles. The number of para-hydroxylation sites is 1. The fraction of sp³-hybridized carbons (Fsp3) is 0.308. The maximum atomic E-state index is 13.9. The molecule has 0 aliphatic carbocycles. The zero-order valence-electron chi connectivity index (χ0n) is 19.8. The van der Waals surface area contributed by atoms with Crippen molar-refractivity contribution in [2.45, 2.75) is 34.2 Å². The van der Waals surface area contributed by atoms with Gasteiger partial charge in [-0.2, -0.15) is 0 Å². The van der Waals surface area contributed by atoms with Gasteiger partial charge in [0.2, 0.25) is 5.75 Å². The summed E-state index contributed by atoms with van der Waals surface area (Å²) >= 11 is 1.47. The van der Waals surface area contributed by atoms with Crippen LogP contribution in [0.1, 0.15) is 42.5 Å². The summed E-state index contributed by atoms with van der Waals surface area (Å²) in [7, 11) is 0. The summed E-state index contributed by atoms with van der Waals surface area (Å²) in [5.41, 5.74) is 2.36. The van der Waals surface area contributed by atoms with Crippen LogP contribution in [0.2, 0.25) is 0 Å². The normalized spacial score (nSPS) is 10.9. The van der Waals surface area contributed by atoms with Crippen LogP contribution in [0.4, 0.5) is 5.13 Å². The minimum absolute atomic E-state index is 0.238. The Kier molecular flexibility index (Phi) is 7.37. The summed E-state index contributed by atoms with van der Waals surface area (Å²) in [6.07, 6.45) is 1.59. The molecule has 7 nitrogen and oxygen atoms in total. The van der Waals surface area contributed by atoms with Gasteiger partial charge in [0.25, 0.3) is 5.91 Å². The third-order valence-corrected chi connectivity index (χ3v) is 6.18. The average molecular weight is 481 g/mol. The van der Waals surface area contributed by atoms with Crippen LogP contribution in [0.25, 0.3) is 10.2 Å². The van der Waals surface area contributed by atoms with Crippen LogP contribution in [0.3, 0.4) is 0 Å². The number of thiazole rings is 1. The molecular formula is C26H28N2O5S. The van der Waals surface area contributed by atoms with Crippen molar-refractivity contribution in [2.75, 3.05) is 24.7 Å². The first-order valence-corrected chi connectivity index (χ1v) is 12.1. The Morgan fingerprint density at radius 2 is 1.71 bits per heavy atom. The fourth-order valence-electron chi connectivity index (χ4n) is 3.64. The average Bonchev–Trinajstić information content (AvgIpc) is 3.50. The van der Waals surface area contributed by atoms with Crippen LogP contribution >= 0.6 is 11.3 Å². The van der Waals surface area contributed by atoms with Crippen molar-refractivity contribution in [1.82, 2.24) is 4.98 Å². The summed E-state index contributed by atoms with van der Waals surface area (Å²) < 4.78 is 24.0. The molecule has 1 amide bonds. The van der Waals surface area contributed by atoms with Gasteiger partial charge < -0.3 is 18.6 Å². The molecule has 0 saturated heterocycles. The molecular weight excluding hydrogens is 452 g/mol. The van der Waals surface area contributed by atoms with Gasteiger partial charge in [-0.05, 0) is 63.6 Å². The molecule has 2 heterocycles. The molecule has 0 aliphatic heterocycles. The standard InChI is InChI=1S/C26H28N2O5S/c1-5-30-20-14-18(15-21(31-6-2)24(20)32-7-3)25(29)28(16-19-11-9-13-33-19)26-27-23-17(4)10-8-12-22(23)34-26/h8-15H,5-7,16H2,1-4H3. The lowest BCUT2D eigenvalue weighted by atomic mass is 10.1. The van der Waals surface area contributed by atoms with Crippen LogP contribution in [-0.4, -0.2) is 30.7 Å². The first kappa shape index (κ1) is 23.6. The van der Waals surface area contributed by atoms with Gasteiger partial charge in [-0.1, -0.05) is 23.5 Å². The summed E-state index contributed by atoms with van der Waals surface area (Å²) in [5.74, 6) is 1.85. The molecule has 0 unspecified atom stereocenters. The number of rotatable bonds is 10. The van der Waals surface area contributed by atoms with Gasteiger partial charge in [-0.15, -0.1) is 0 Å². The van der Waals surface area contributed by atoms with Crippen molar-refractivity contribution < 1.29 is 23.4 Å². The molecule has 178 valence electrons. The Morgan fingerprint density at radius 3 is 2.29 bits per heavy atom. The van der Waals surface area contributed by atoms with Gasteiger partial charge in [-0.3, -0.25) is 9.69 Å². The van der Waals surface area contributed by atoms with E-state index >= 15 is 0 Å². The smallest absolute Gasteiger partial charge is 0.260 e. The van der Waals surface area contributed by atoms with E-state index in [4.69, 9.17) is 23.6 Å². The predicted molar refractivity (Wildman–Crippen MR) is 134 cm³/mol. The van der Waals surface area contributed by atoms with Gasteiger partial charge in [0, 0.05) is 5.56 Å². The topological polar surface area (TPSA) is 74.0 Å². The molecule has 0 saturated carbocycles. The maximum Gasteiger partial charge on any atom is 0.260 e. The largest absolute Gasteiger partial charge is 0.490 e. The summed E-state index contributed by atoms with van der Waals surface area (Å²) in [6.45, 7) is 9.22. The highest BCUT2D eigenvalue weighted by Gasteiger charge is 2.26. The highest BCUT2D eigenvalue weighted by Crippen LogP contribution is 2.40. The van der Waals surface area contributed by atoms with Crippen molar-refractivity contribution >= 4 is 32.6 Å². The van der Waals surface area contributed by atoms with E-state index in [1.54, 1.807) is 29.4 Å². The fourth-order valence-corrected chi connectivity index (χ4v) is 4.68. The van der Waals surface area contributed by atoms with E-state index in [2.05, 4.69) is 0 Å². The first-order chi connectivity index (χ1) is 16.5. The van der Waals surface area contributed by atoms with Gasteiger partial charge in [0.15, 0.2) is 16.6 Å². The minimum atomic E-state index is -0.238. The molecule has 0 atom stereocenters. The van der Waals surface area contributed by atoms with E-state index in [0.29, 0.717) is 53.5 Å². The van der Waals surface area contributed by atoms with Crippen molar-refractivity contribution in [3.63, 3.8) is 0 Å². The molecule has 34 heavy (non-hydrogen) atoms. The zero-order valence-corrected chi connectivity index (χ0v) is 20.6. The second-order valence-electron chi connectivity index (χ2n) is 7.49. The number of hydrogen-bond donors (Lipinski definition) is 0. The lowest BCUT2D eigenvalue weighted by Gasteiger charge is -2.21. The molecule has 4 aromatic rings. The van der Waals surface area contributed by atoms with Crippen molar-refractivity contribution in [3.8, 4) is 17.2 Å². The number of benzene rings is 2. The van der Waals surface area contributed by atoms with Crippen molar-refractivity contribution in [1.29, 1.82) is 0 Å². The number of anilines is 1. The maximum absolute atomic E-state index is 13.9.